The summed E-state index contributed by atoms with van der Waals surface area (Å²) in [7, 11) is 1.46. The lowest BCUT2D eigenvalue weighted by molar-refractivity contribution is -0.386. The van der Waals surface area contributed by atoms with Crippen LogP contribution in [0.15, 0.2) is 17.2 Å². The van der Waals surface area contributed by atoms with Gasteiger partial charge in [-0.15, -0.1) is 0 Å². The Hall–Kier alpha value is -2.75. The molecule has 0 fully saturated rings. The van der Waals surface area contributed by atoms with Crippen LogP contribution >= 0.6 is 12.2 Å². The SMILES string of the molecule is CCCCCCOc1c(OC)cc(/C=N\n2c(CCCC)n[nH]c2=S)cc1[N+](=O)[O-]. The maximum Gasteiger partial charge on any atom is 0.315 e. The number of aromatic nitrogens is 3. The number of aromatic amines is 1. The molecule has 9 nitrogen and oxygen atoms in total. The van der Waals surface area contributed by atoms with E-state index in [1.165, 1.54) is 24.1 Å². The summed E-state index contributed by atoms with van der Waals surface area (Å²) < 4.78 is 13.0. The highest BCUT2D eigenvalue weighted by atomic mass is 32.1. The molecule has 0 aliphatic rings. The van der Waals surface area contributed by atoms with Crippen molar-refractivity contribution in [3.8, 4) is 11.5 Å². The molecule has 1 N–H and O–H groups in total. The van der Waals surface area contributed by atoms with Crippen molar-refractivity contribution < 1.29 is 14.4 Å². The number of H-pyrrole nitrogens is 1. The first-order valence-electron chi connectivity index (χ1n) is 10.2. The number of ether oxygens (including phenoxy) is 2. The predicted octanol–water partition coefficient (Wildman–Crippen LogP) is 5.04. The number of hydrogen-bond donors (Lipinski definition) is 1. The average Bonchev–Trinajstić information content (AvgIpc) is 3.09. The lowest BCUT2D eigenvalue weighted by atomic mass is 10.1. The number of nitro groups is 1. The fourth-order valence-corrected chi connectivity index (χ4v) is 3.08. The monoisotopic (exact) mass is 435 g/mol. The molecule has 1 aromatic carbocycles. The Balaban J connectivity index is 2.28. The maximum atomic E-state index is 11.6. The Morgan fingerprint density at radius 3 is 2.70 bits per heavy atom. The Morgan fingerprint density at radius 1 is 1.27 bits per heavy atom. The smallest absolute Gasteiger partial charge is 0.315 e. The molecule has 2 aromatic rings. The first-order chi connectivity index (χ1) is 14.5. The van der Waals surface area contributed by atoms with Gasteiger partial charge in [0.1, 0.15) is 0 Å². The van der Waals surface area contributed by atoms with Crippen molar-refractivity contribution in [2.45, 2.75) is 58.8 Å². The highest BCUT2D eigenvalue weighted by Crippen LogP contribution is 2.38. The lowest BCUT2D eigenvalue weighted by Gasteiger charge is -2.12. The van der Waals surface area contributed by atoms with E-state index in [-0.39, 0.29) is 11.4 Å². The van der Waals surface area contributed by atoms with Gasteiger partial charge in [-0.3, -0.25) is 15.2 Å². The highest BCUT2D eigenvalue weighted by molar-refractivity contribution is 7.71. The number of nitro benzene ring substituents is 1. The molecule has 0 atom stereocenters. The number of nitrogens with one attached hydrogen (secondary N) is 1. The van der Waals surface area contributed by atoms with Gasteiger partial charge in [-0.2, -0.15) is 14.9 Å². The van der Waals surface area contributed by atoms with Crippen LogP contribution in [0.5, 0.6) is 11.5 Å². The molecule has 1 aromatic heterocycles. The molecule has 0 saturated heterocycles. The molecular weight excluding hydrogens is 406 g/mol. The summed E-state index contributed by atoms with van der Waals surface area (Å²) in [4.78, 5) is 11.2. The molecule has 0 spiro atoms. The molecular formula is C20H29N5O4S. The topological polar surface area (TPSA) is 108 Å². The van der Waals surface area contributed by atoms with Gasteiger partial charge in [0.25, 0.3) is 0 Å². The minimum atomic E-state index is -0.475. The van der Waals surface area contributed by atoms with Gasteiger partial charge in [-0.05, 0) is 31.1 Å². The van der Waals surface area contributed by atoms with Gasteiger partial charge in [0.15, 0.2) is 11.6 Å². The minimum Gasteiger partial charge on any atom is -0.493 e. The van der Waals surface area contributed by atoms with Gasteiger partial charge in [0, 0.05) is 18.1 Å². The number of methoxy groups -OCH3 is 1. The van der Waals surface area contributed by atoms with Crippen molar-refractivity contribution in [3.05, 3.63) is 38.4 Å². The maximum absolute atomic E-state index is 11.6. The van der Waals surface area contributed by atoms with E-state index in [1.807, 2.05) is 0 Å². The van der Waals surface area contributed by atoms with Crippen molar-refractivity contribution in [1.29, 1.82) is 0 Å². The number of benzene rings is 1. The molecule has 0 aliphatic heterocycles. The Morgan fingerprint density at radius 2 is 2.03 bits per heavy atom. The van der Waals surface area contributed by atoms with E-state index in [2.05, 4.69) is 29.1 Å². The van der Waals surface area contributed by atoms with Crippen molar-refractivity contribution >= 4 is 24.1 Å². The van der Waals surface area contributed by atoms with Crippen LogP contribution in [0.4, 0.5) is 5.69 Å². The summed E-state index contributed by atoms with van der Waals surface area (Å²) in [5.74, 6) is 1.15. The van der Waals surface area contributed by atoms with Gasteiger partial charge < -0.3 is 9.47 Å². The predicted molar refractivity (Wildman–Crippen MR) is 118 cm³/mol. The lowest BCUT2D eigenvalue weighted by Crippen LogP contribution is -2.04. The van der Waals surface area contributed by atoms with Crippen LogP contribution in [0.25, 0.3) is 0 Å². The van der Waals surface area contributed by atoms with E-state index in [0.717, 1.165) is 44.9 Å². The minimum absolute atomic E-state index is 0.139. The summed E-state index contributed by atoms with van der Waals surface area (Å²) in [5, 5.41) is 22.9. The van der Waals surface area contributed by atoms with E-state index in [4.69, 9.17) is 21.7 Å². The van der Waals surface area contributed by atoms with Crippen LogP contribution in [-0.4, -0.2) is 39.7 Å². The Bertz CT molecular complexity index is 922. The average molecular weight is 436 g/mol. The first kappa shape index (κ1) is 23.5. The fraction of sp³-hybridized carbons (Fsp3) is 0.550. The molecule has 1 heterocycles. The van der Waals surface area contributed by atoms with Crippen LogP contribution in [0.3, 0.4) is 0 Å². The second-order valence-electron chi connectivity index (χ2n) is 6.84. The molecule has 10 heteroatoms. The third kappa shape index (κ3) is 6.38. The molecule has 0 amide bonds. The third-order valence-electron chi connectivity index (χ3n) is 4.51. The van der Waals surface area contributed by atoms with Crippen LogP contribution in [0, 0.1) is 14.9 Å². The van der Waals surface area contributed by atoms with Crippen molar-refractivity contribution in [2.24, 2.45) is 5.10 Å². The second kappa shape index (κ2) is 12.1. The number of aryl methyl sites for hydroxylation is 1. The molecule has 2 rings (SSSR count). The number of nitrogens with zero attached hydrogens (tertiary/aromatic N) is 4. The van der Waals surface area contributed by atoms with E-state index in [0.29, 0.717) is 28.5 Å². The molecule has 0 unspecified atom stereocenters. The van der Waals surface area contributed by atoms with E-state index >= 15 is 0 Å². The molecule has 164 valence electrons. The van der Waals surface area contributed by atoms with Crippen molar-refractivity contribution in [1.82, 2.24) is 14.9 Å². The molecule has 0 saturated carbocycles. The number of unbranched alkanes of at least 4 members (excludes halogenated alkanes) is 4. The summed E-state index contributed by atoms with van der Waals surface area (Å²) in [6.07, 6.45) is 8.27. The van der Waals surface area contributed by atoms with Gasteiger partial charge in [0.05, 0.1) is 24.9 Å². The largest absolute Gasteiger partial charge is 0.493 e. The van der Waals surface area contributed by atoms with E-state index < -0.39 is 4.92 Å². The summed E-state index contributed by atoms with van der Waals surface area (Å²) in [6, 6.07) is 3.08. The summed E-state index contributed by atoms with van der Waals surface area (Å²) >= 11 is 5.23. The Labute approximate surface area is 181 Å². The van der Waals surface area contributed by atoms with Crippen molar-refractivity contribution in [3.63, 3.8) is 0 Å². The molecule has 0 bridgehead atoms. The van der Waals surface area contributed by atoms with Crippen LogP contribution in [0.2, 0.25) is 0 Å². The van der Waals surface area contributed by atoms with Gasteiger partial charge in [-0.25, -0.2) is 0 Å². The zero-order valence-electron chi connectivity index (χ0n) is 17.7. The van der Waals surface area contributed by atoms with Gasteiger partial charge >= 0.3 is 5.69 Å². The quantitative estimate of drug-likeness (QED) is 0.155. The van der Waals surface area contributed by atoms with Crippen LogP contribution in [0.1, 0.15) is 63.8 Å². The zero-order chi connectivity index (χ0) is 21.9. The van der Waals surface area contributed by atoms with Gasteiger partial charge in [-0.1, -0.05) is 39.5 Å². The van der Waals surface area contributed by atoms with E-state index in [9.17, 15) is 10.1 Å². The molecule has 0 aliphatic carbocycles. The zero-order valence-corrected chi connectivity index (χ0v) is 18.5. The van der Waals surface area contributed by atoms with Crippen molar-refractivity contribution in [2.75, 3.05) is 13.7 Å². The van der Waals surface area contributed by atoms with Gasteiger partial charge in [0.2, 0.25) is 10.5 Å². The number of rotatable bonds is 13. The summed E-state index contributed by atoms with van der Waals surface area (Å²) in [6.45, 7) is 4.61. The van der Waals surface area contributed by atoms with Crippen LogP contribution in [-0.2, 0) is 6.42 Å². The normalized spacial score (nSPS) is 11.2. The van der Waals surface area contributed by atoms with E-state index in [1.54, 1.807) is 6.07 Å². The molecule has 30 heavy (non-hydrogen) atoms. The molecule has 0 radical (unpaired) electrons. The highest BCUT2D eigenvalue weighted by Gasteiger charge is 2.22. The number of hydrogen-bond acceptors (Lipinski definition) is 7. The first-order valence-corrected chi connectivity index (χ1v) is 10.6. The second-order valence-corrected chi connectivity index (χ2v) is 7.23. The Kier molecular flexibility index (Phi) is 9.46. The summed E-state index contributed by atoms with van der Waals surface area (Å²) in [5.41, 5.74) is 0.342. The van der Waals surface area contributed by atoms with Crippen LogP contribution < -0.4 is 9.47 Å². The third-order valence-corrected chi connectivity index (χ3v) is 4.78. The standard InChI is InChI=1S/C20H29N5O4S/c1-4-6-8-9-11-29-19-16(25(26)27)12-15(13-17(19)28-3)14-21-24-18(10-7-5-2)22-23-20(24)30/h12-14H,4-11H2,1-3H3,(H,23,30)/b21-14-. The fourth-order valence-electron chi connectivity index (χ4n) is 2.88.